The number of rotatable bonds is 13. The van der Waals surface area contributed by atoms with E-state index in [1.807, 2.05) is 20.8 Å². The first-order valence-corrected chi connectivity index (χ1v) is 26.8. The predicted molar refractivity (Wildman–Crippen MR) is 259 cm³/mol. The SMILES string of the molecule is C/C=C(\C)C(=O)O[C@H]1[C@H](O)[C@]2(CO)[C@H](O)C[C@]3(C)C(=CC[C@@H]4[C@@]5(C)CC[C@H](O[C@@H]6O[C@H](C(=O)O)[C@@H](O[C@@H]7O[C@H](CO)[C@@H](O)[C@H](O)[C@H]7O)[C@H](O)[C@H]6O[C@@H]6O[C@H](CO)[C@@H](O)[C@H](O)[C@H]6O)[C@](C)(CO)[C@@H]5CC[C@]43C)[C@@H]2CC1(C)C. The number of hydrogen-bond acceptors (Lipinski definition) is 22. The fourth-order valence-corrected chi connectivity index (χ4v) is 15.9. The van der Waals surface area contributed by atoms with Crippen LogP contribution in [0.25, 0.3) is 0 Å². The van der Waals surface area contributed by atoms with Crippen LogP contribution in [-0.2, 0) is 42.7 Å². The second kappa shape index (κ2) is 21.5. The molecule has 0 unspecified atom stereocenters. The monoisotopic (exact) mass is 1090 g/mol. The van der Waals surface area contributed by atoms with Gasteiger partial charge in [-0.05, 0) is 92.8 Å². The van der Waals surface area contributed by atoms with Crippen LogP contribution < -0.4 is 0 Å². The van der Waals surface area contributed by atoms with Crippen LogP contribution in [0, 0.1) is 50.2 Å². The Labute approximate surface area is 442 Å². The third-order valence-corrected chi connectivity index (χ3v) is 20.8. The van der Waals surface area contributed by atoms with E-state index >= 15 is 0 Å². The van der Waals surface area contributed by atoms with Crippen molar-refractivity contribution in [3.8, 4) is 0 Å². The van der Waals surface area contributed by atoms with E-state index in [9.17, 15) is 81.1 Å². The highest BCUT2D eigenvalue weighted by Crippen LogP contribution is 2.76. The summed E-state index contributed by atoms with van der Waals surface area (Å²) >= 11 is 0. The third-order valence-electron chi connectivity index (χ3n) is 20.8. The van der Waals surface area contributed by atoms with Crippen molar-refractivity contribution in [3.63, 3.8) is 0 Å². The molecule has 27 atom stereocenters. The minimum Gasteiger partial charge on any atom is -0.479 e. The molecule has 0 aromatic heterocycles. The summed E-state index contributed by atoms with van der Waals surface area (Å²) < 4.78 is 41.9. The van der Waals surface area contributed by atoms with Crippen LogP contribution in [0.4, 0.5) is 0 Å². The van der Waals surface area contributed by atoms with Crippen molar-refractivity contribution in [1.29, 1.82) is 0 Å². The van der Waals surface area contributed by atoms with Gasteiger partial charge in [-0.2, -0.15) is 0 Å². The number of hydrogen-bond donors (Lipinski definition) is 14. The highest BCUT2D eigenvalue weighted by atomic mass is 16.8. The highest BCUT2D eigenvalue weighted by molar-refractivity contribution is 5.87. The van der Waals surface area contributed by atoms with Crippen LogP contribution in [-0.4, -0.2) is 226 Å². The Morgan fingerprint density at radius 1 is 0.684 bits per heavy atom. The largest absolute Gasteiger partial charge is 0.479 e. The van der Waals surface area contributed by atoms with E-state index in [-0.39, 0.29) is 24.7 Å². The number of carboxylic acid groups (broad SMARTS) is 1. The number of ether oxygens (including phenoxy) is 7. The van der Waals surface area contributed by atoms with Gasteiger partial charge in [0.15, 0.2) is 25.0 Å². The standard InChI is InChI=1S/C53H84O23/c1-9-22(2)44(69)76-42-41(66)53(21-57)24(16-48(42,3)4)23-10-11-28-49(5)14-13-30(50(6,20-56)27(49)12-15-51(28,7)52(23,8)17-29(53)58)72-47-39(74-46-36(64)34(62)32(60)26(19-55)71-46)37(65)38(40(75-47)43(67)68)73-45-35(63)33(61)31(59)25(18-54)70-45/h9-10,24-42,45-47,54-66H,11-21H2,1-8H3,(H,67,68)/b22-9+/t24-,25+,26+,27+,28+,29+,30-,31+,32+,33-,34-,35+,36+,37-,38-,39+,40-,41-,42-,45-,46-,47+,49-,50+,51+,52+,53-/m0/s1. The smallest absolute Gasteiger partial charge is 0.335 e. The fraction of sp³-hybridized carbons (Fsp3) is 0.887. The lowest BCUT2D eigenvalue weighted by molar-refractivity contribution is -0.392. The van der Waals surface area contributed by atoms with Crippen LogP contribution in [0.3, 0.4) is 0 Å². The zero-order valence-electron chi connectivity index (χ0n) is 44.6. The first-order valence-electron chi connectivity index (χ1n) is 26.8. The summed E-state index contributed by atoms with van der Waals surface area (Å²) in [4.78, 5) is 26.2. The maximum atomic E-state index is 13.2. The molecule has 14 N–H and O–H groups in total. The number of esters is 1. The second-order valence-electron chi connectivity index (χ2n) is 24.9. The molecule has 0 spiro atoms. The van der Waals surface area contributed by atoms with Crippen molar-refractivity contribution in [3.05, 3.63) is 23.3 Å². The number of carbonyl (C=O) groups is 2. The van der Waals surface area contributed by atoms with Crippen molar-refractivity contribution in [1.82, 2.24) is 0 Å². The van der Waals surface area contributed by atoms with Gasteiger partial charge < -0.3 is 105 Å². The van der Waals surface area contributed by atoms with Gasteiger partial charge in [0.2, 0.25) is 0 Å². The van der Waals surface area contributed by atoms with E-state index < -0.39 is 193 Å². The van der Waals surface area contributed by atoms with Gasteiger partial charge in [0, 0.05) is 16.4 Å². The molecule has 8 rings (SSSR count). The average Bonchev–Trinajstić information content (AvgIpc) is 3.58. The Bertz CT molecular complexity index is 2170. The maximum Gasteiger partial charge on any atom is 0.335 e. The number of carbonyl (C=O) groups excluding carboxylic acids is 1. The molecular formula is C53H84O23. The lowest BCUT2D eigenvalue weighted by atomic mass is 9.33. The average molecular weight is 1090 g/mol. The van der Waals surface area contributed by atoms with Gasteiger partial charge in [-0.3, -0.25) is 0 Å². The first-order chi connectivity index (χ1) is 35.5. The Kier molecular flexibility index (Phi) is 16.9. The summed E-state index contributed by atoms with van der Waals surface area (Å²) in [5.41, 5.74) is -3.57. The van der Waals surface area contributed by atoms with Crippen molar-refractivity contribution in [2.75, 3.05) is 26.4 Å². The molecule has 3 saturated heterocycles. The zero-order valence-corrected chi connectivity index (χ0v) is 44.6. The first kappa shape index (κ1) is 59.8. The normalized spacial score (nSPS) is 52.3. The van der Waals surface area contributed by atoms with Gasteiger partial charge in [-0.25, -0.2) is 9.59 Å². The summed E-state index contributed by atoms with van der Waals surface area (Å²) in [6.07, 6.45) is -26.3. The van der Waals surface area contributed by atoms with Gasteiger partial charge in [0.1, 0.15) is 79.4 Å². The van der Waals surface area contributed by atoms with Crippen LogP contribution in [0.5, 0.6) is 0 Å². The Balaban J connectivity index is 1.10. The molecule has 3 heterocycles. The van der Waals surface area contributed by atoms with Crippen LogP contribution in [0.15, 0.2) is 23.3 Å². The summed E-state index contributed by atoms with van der Waals surface area (Å²) in [5.74, 6) is -3.12. The van der Waals surface area contributed by atoms with Crippen molar-refractivity contribution >= 4 is 11.9 Å². The van der Waals surface area contributed by atoms with E-state index in [0.717, 1.165) is 5.57 Å². The molecule has 0 aromatic rings. The molecule has 0 aromatic carbocycles. The van der Waals surface area contributed by atoms with Gasteiger partial charge in [0.25, 0.3) is 0 Å². The van der Waals surface area contributed by atoms with E-state index in [2.05, 4.69) is 26.8 Å². The number of carboxylic acids is 1. The topological polar surface area (TPSA) is 382 Å². The van der Waals surface area contributed by atoms with Crippen molar-refractivity contribution < 1.29 is 114 Å². The van der Waals surface area contributed by atoms with E-state index in [4.69, 9.17) is 33.2 Å². The summed E-state index contributed by atoms with van der Waals surface area (Å²) in [5, 5.41) is 155. The molecule has 3 aliphatic heterocycles. The Hall–Kier alpha value is -2.34. The van der Waals surface area contributed by atoms with Crippen molar-refractivity contribution in [2.24, 2.45) is 50.2 Å². The van der Waals surface area contributed by atoms with Gasteiger partial charge in [-0.1, -0.05) is 59.3 Å². The fourth-order valence-electron chi connectivity index (χ4n) is 15.9. The zero-order chi connectivity index (χ0) is 56.2. The summed E-state index contributed by atoms with van der Waals surface area (Å²) in [7, 11) is 0. The number of aliphatic carboxylic acids is 1. The van der Waals surface area contributed by atoms with Gasteiger partial charge in [0.05, 0.1) is 44.1 Å². The minimum atomic E-state index is -2.16. The Morgan fingerprint density at radius 3 is 1.79 bits per heavy atom. The molecule has 23 heteroatoms. The lowest BCUT2D eigenvalue weighted by Crippen LogP contribution is -2.72. The van der Waals surface area contributed by atoms with E-state index in [0.29, 0.717) is 37.7 Å². The van der Waals surface area contributed by atoms with Crippen LogP contribution in [0.2, 0.25) is 0 Å². The molecule has 434 valence electrons. The molecule has 8 aliphatic rings. The van der Waals surface area contributed by atoms with E-state index in [1.54, 1.807) is 19.9 Å². The van der Waals surface area contributed by atoms with Crippen LogP contribution >= 0.6 is 0 Å². The summed E-state index contributed by atoms with van der Waals surface area (Å²) in [6.45, 7) is 12.9. The molecule has 0 amide bonds. The summed E-state index contributed by atoms with van der Waals surface area (Å²) in [6, 6.07) is 0. The number of aliphatic hydroxyl groups is 13. The molecule has 23 nitrogen and oxygen atoms in total. The number of aliphatic hydroxyl groups excluding tert-OH is 13. The number of allylic oxidation sites excluding steroid dienone is 3. The van der Waals surface area contributed by atoms with Crippen LogP contribution in [0.1, 0.15) is 100 Å². The molecule has 0 bridgehead atoms. The molecule has 0 radical (unpaired) electrons. The highest BCUT2D eigenvalue weighted by Gasteiger charge is 2.73. The second-order valence-corrected chi connectivity index (χ2v) is 24.9. The minimum absolute atomic E-state index is 0.0566. The molecular weight excluding hydrogens is 1000 g/mol. The molecule has 4 saturated carbocycles. The third kappa shape index (κ3) is 9.16. The number of fused-ring (bicyclic) bond motifs is 7. The Morgan fingerprint density at radius 2 is 1.26 bits per heavy atom. The lowest BCUT2D eigenvalue weighted by Gasteiger charge is -2.72. The quantitative estimate of drug-likeness (QED) is 0.0415. The molecule has 5 aliphatic carbocycles. The molecule has 76 heavy (non-hydrogen) atoms. The predicted octanol–water partition coefficient (Wildman–Crippen LogP) is -1.89. The van der Waals surface area contributed by atoms with Gasteiger partial charge >= 0.3 is 11.9 Å². The van der Waals surface area contributed by atoms with E-state index in [1.165, 1.54) is 0 Å². The van der Waals surface area contributed by atoms with Gasteiger partial charge in [-0.15, -0.1) is 0 Å². The maximum absolute atomic E-state index is 13.2. The molecule has 7 fully saturated rings. The van der Waals surface area contributed by atoms with Crippen molar-refractivity contribution in [2.45, 2.75) is 217 Å².